The van der Waals surface area contributed by atoms with Crippen LogP contribution in [0.15, 0.2) is 84.1 Å². The van der Waals surface area contributed by atoms with Gasteiger partial charge in [-0.1, -0.05) is 61.8 Å². The molecule has 0 nitrogen and oxygen atoms in total. The third-order valence-corrected chi connectivity index (χ3v) is 2.72. The lowest BCUT2D eigenvalue weighted by Gasteiger charge is -2.04. The van der Waals surface area contributed by atoms with Crippen LogP contribution in [0.3, 0.4) is 0 Å². The van der Waals surface area contributed by atoms with E-state index in [0.717, 1.165) is 11.1 Å². The summed E-state index contributed by atoms with van der Waals surface area (Å²) in [7, 11) is 0. The van der Waals surface area contributed by atoms with Crippen molar-refractivity contribution in [2.75, 3.05) is 0 Å². The molecule has 0 N–H and O–H groups in total. The summed E-state index contributed by atoms with van der Waals surface area (Å²) < 4.78 is 14.4. The fourth-order valence-electron chi connectivity index (χ4n) is 2.06. The standard InChI is InChI=1S/C17H19F/c1-5-9-13-14(10-6-2)16(12-8-4)17(18)15(13)11-7-3/h5-12,17H,1,3H2,2,4H3/b10-6-,12-8-,13-9-,15-11+. The van der Waals surface area contributed by atoms with Crippen LogP contribution >= 0.6 is 0 Å². The molecule has 1 atom stereocenters. The van der Waals surface area contributed by atoms with E-state index in [0.29, 0.717) is 11.1 Å². The molecular formula is C17H19F. The maximum atomic E-state index is 14.4. The summed E-state index contributed by atoms with van der Waals surface area (Å²) in [5, 5.41) is 0. The van der Waals surface area contributed by atoms with E-state index in [2.05, 4.69) is 13.2 Å². The second kappa shape index (κ2) is 6.75. The van der Waals surface area contributed by atoms with Crippen LogP contribution < -0.4 is 0 Å². The average Bonchev–Trinajstić information content (AvgIpc) is 2.58. The van der Waals surface area contributed by atoms with E-state index in [1.165, 1.54) is 0 Å². The van der Waals surface area contributed by atoms with E-state index in [-0.39, 0.29) is 0 Å². The van der Waals surface area contributed by atoms with Gasteiger partial charge in [-0.15, -0.1) is 0 Å². The van der Waals surface area contributed by atoms with E-state index in [9.17, 15) is 4.39 Å². The number of rotatable bonds is 4. The molecule has 1 aliphatic rings. The Balaban J connectivity index is 3.49. The third-order valence-electron chi connectivity index (χ3n) is 2.72. The molecule has 0 saturated carbocycles. The fraction of sp³-hybridized carbons (Fsp3) is 0.176. The van der Waals surface area contributed by atoms with Crippen molar-refractivity contribution in [1.29, 1.82) is 0 Å². The molecule has 1 aliphatic carbocycles. The van der Waals surface area contributed by atoms with Gasteiger partial charge in [-0.2, -0.15) is 0 Å². The van der Waals surface area contributed by atoms with Crippen LogP contribution in [0.25, 0.3) is 0 Å². The molecule has 0 aliphatic heterocycles. The molecule has 1 unspecified atom stereocenters. The van der Waals surface area contributed by atoms with Crippen molar-refractivity contribution in [3.63, 3.8) is 0 Å². The van der Waals surface area contributed by atoms with Crippen LogP contribution in [0.5, 0.6) is 0 Å². The third kappa shape index (κ3) is 2.67. The first-order chi connectivity index (χ1) is 8.71. The molecule has 0 bridgehead atoms. The van der Waals surface area contributed by atoms with Crippen molar-refractivity contribution >= 4 is 0 Å². The topological polar surface area (TPSA) is 0 Å². The minimum absolute atomic E-state index is 0.645. The Hall–Kier alpha value is -1.89. The van der Waals surface area contributed by atoms with E-state index >= 15 is 0 Å². The monoisotopic (exact) mass is 242 g/mol. The lowest BCUT2D eigenvalue weighted by atomic mass is 10.0. The first-order valence-corrected chi connectivity index (χ1v) is 6.00. The maximum Gasteiger partial charge on any atom is 0.151 e. The predicted molar refractivity (Wildman–Crippen MR) is 78.1 cm³/mol. The Kier molecular flexibility index (Phi) is 5.31. The Morgan fingerprint density at radius 3 is 2.11 bits per heavy atom. The second-order valence-corrected chi connectivity index (χ2v) is 3.91. The van der Waals surface area contributed by atoms with Gasteiger partial charge in [0.25, 0.3) is 0 Å². The van der Waals surface area contributed by atoms with Crippen LogP contribution in [0.1, 0.15) is 13.8 Å². The van der Waals surface area contributed by atoms with Gasteiger partial charge >= 0.3 is 0 Å². The number of hydrogen-bond acceptors (Lipinski definition) is 0. The summed E-state index contributed by atoms with van der Waals surface area (Å²) in [6, 6.07) is 0. The Morgan fingerprint density at radius 1 is 1.00 bits per heavy atom. The first-order valence-electron chi connectivity index (χ1n) is 6.00. The smallest absolute Gasteiger partial charge is 0.151 e. The first kappa shape index (κ1) is 14.2. The van der Waals surface area contributed by atoms with Gasteiger partial charge in [-0.25, -0.2) is 4.39 Å². The van der Waals surface area contributed by atoms with Crippen molar-refractivity contribution in [3.8, 4) is 0 Å². The summed E-state index contributed by atoms with van der Waals surface area (Å²) in [6.07, 6.45) is 13.3. The van der Waals surface area contributed by atoms with Crippen molar-refractivity contribution in [2.45, 2.75) is 20.0 Å². The summed E-state index contributed by atoms with van der Waals surface area (Å²) in [6.45, 7) is 11.2. The summed E-state index contributed by atoms with van der Waals surface area (Å²) >= 11 is 0. The number of hydrogen-bond donors (Lipinski definition) is 0. The van der Waals surface area contributed by atoms with E-state index in [1.807, 2.05) is 44.2 Å². The number of alkyl halides is 1. The SMILES string of the molecule is C=C/C=C1C(/C=C\C)=C(/C=C\C)C(F)C/1=C/C=C. The number of allylic oxidation sites excluding steroid dienone is 12. The average molecular weight is 242 g/mol. The van der Waals surface area contributed by atoms with Gasteiger partial charge in [0.2, 0.25) is 0 Å². The highest BCUT2D eigenvalue weighted by atomic mass is 19.1. The largest absolute Gasteiger partial charge is 0.237 e. The summed E-state index contributed by atoms with van der Waals surface area (Å²) in [5.74, 6) is 0. The second-order valence-electron chi connectivity index (χ2n) is 3.91. The minimum atomic E-state index is -1.10. The van der Waals surface area contributed by atoms with Crippen molar-refractivity contribution in [1.82, 2.24) is 0 Å². The molecule has 1 heteroatoms. The van der Waals surface area contributed by atoms with Gasteiger partial charge in [0.15, 0.2) is 6.17 Å². The van der Waals surface area contributed by atoms with Gasteiger partial charge in [-0.05, 0) is 36.1 Å². The highest BCUT2D eigenvalue weighted by Gasteiger charge is 2.30. The minimum Gasteiger partial charge on any atom is -0.237 e. The van der Waals surface area contributed by atoms with E-state index in [4.69, 9.17) is 0 Å². The van der Waals surface area contributed by atoms with E-state index < -0.39 is 6.17 Å². The Morgan fingerprint density at radius 2 is 1.61 bits per heavy atom. The number of halogens is 1. The molecule has 94 valence electrons. The summed E-state index contributed by atoms with van der Waals surface area (Å²) in [5.41, 5.74) is 3.13. The zero-order valence-corrected chi connectivity index (χ0v) is 11.0. The Labute approximate surface area is 109 Å². The molecule has 0 heterocycles. The van der Waals surface area contributed by atoms with Gasteiger partial charge in [0, 0.05) is 0 Å². The molecule has 0 saturated heterocycles. The molecule has 0 spiro atoms. The fourth-order valence-corrected chi connectivity index (χ4v) is 2.06. The van der Waals surface area contributed by atoms with Crippen LogP contribution in [0.2, 0.25) is 0 Å². The molecule has 1 rings (SSSR count). The predicted octanol–water partition coefficient (Wildman–Crippen LogP) is 5.01. The quantitative estimate of drug-likeness (QED) is 0.650. The van der Waals surface area contributed by atoms with Crippen LogP contribution in [0.4, 0.5) is 4.39 Å². The summed E-state index contributed by atoms with van der Waals surface area (Å²) in [4.78, 5) is 0. The van der Waals surface area contributed by atoms with Crippen molar-refractivity contribution < 1.29 is 4.39 Å². The van der Waals surface area contributed by atoms with Gasteiger partial charge in [0.05, 0.1) is 0 Å². The molecule has 0 amide bonds. The van der Waals surface area contributed by atoms with Gasteiger partial charge in [-0.3, -0.25) is 0 Å². The lowest BCUT2D eigenvalue weighted by Crippen LogP contribution is -2.00. The van der Waals surface area contributed by atoms with Crippen molar-refractivity contribution in [3.05, 3.63) is 84.1 Å². The van der Waals surface area contributed by atoms with Crippen LogP contribution in [-0.4, -0.2) is 6.17 Å². The zero-order valence-electron chi connectivity index (χ0n) is 11.0. The zero-order chi connectivity index (χ0) is 13.5. The molecule has 0 aromatic heterocycles. The van der Waals surface area contributed by atoms with Crippen LogP contribution in [0, 0.1) is 0 Å². The Bertz CT molecular complexity index is 482. The normalized spacial score (nSPS) is 24.9. The van der Waals surface area contributed by atoms with Gasteiger partial charge in [0.1, 0.15) is 0 Å². The molecule has 0 fully saturated rings. The molecule has 18 heavy (non-hydrogen) atoms. The highest BCUT2D eigenvalue weighted by molar-refractivity contribution is 5.67. The maximum absolute atomic E-state index is 14.4. The van der Waals surface area contributed by atoms with Crippen molar-refractivity contribution in [2.24, 2.45) is 0 Å². The lowest BCUT2D eigenvalue weighted by molar-refractivity contribution is 0.448. The highest BCUT2D eigenvalue weighted by Crippen LogP contribution is 2.40. The molecular weight excluding hydrogens is 223 g/mol. The van der Waals surface area contributed by atoms with E-state index in [1.54, 1.807) is 18.2 Å². The molecule has 0 aromatic carbocycles. The van der Waals surface area contributed by atoms with Gasteiger partial charge < -0.3 is 0 Å². The molecule has 0 radical (unpaired) electrons. The molecule has 0 aromatic rings. The van der Waals surface area contributed by atoms with Crippen LogP contribution in [-0.2, 0) is 0 Å².